The average molecular weight is 239 g/mol. The van der Waals surface area contributed by atoms with E-state index in [9.17, 15) is 9.90 Å². The molecule has 0 amide bonds. The number of fused-ring (bicyclic) bond motifs is 2. The monoisotopic (exact) mass is 239 g/mol. The molecule has 2 saturated heterocycles. The smallest absolute Gasteiger partial charge is 0.351 e. The summed E-state index contributed by atoms with van der Waals surface area (Å²) in [6.07, 6.45) is 1.37. The highest BCUT2D eigenvalue weighted by Gasteiger charge is 2.54. The fourth-order valence-electron chi connectivity index (χ4n) is 2.34. The van der Waals surface area contributed by atoms with Gasteiger partial charge >= 0.3 is 5.69 Å². The van der Waals surface area contributed by atoms with Gasteiger partial charge in [-0.1, -0.05) is 0 Å². The van der Waals surface area contributed by atoms with Crippen LogP contribution in [0, 0.1) is 0 Å². The van der Waals surface area contributed by atoms with Crippen LogP contribution in [0.1, 0.15) is 12.6 Å². The summed E-state index contributed by atoms with van der Waals surface area (Å²) in [5.74, 6) is 0.173. The molecular formula is C10H13N3O4. The van der Waals surface area contributed by atoms with Crippen molar-refractivity contribution in [3.05, 3.63) is 22.7 Å². The summed E-state index contributed by atoms with van der Waals surface area (Å²) in [7, 11) is 0. The van der Waals surface area contributed by atoms with Crippen LogP contribution in [-0.4, -0.2) is 39.6 Å². The lowest BCUT2D eigenvalue weighted by Crippen LogP contribution is -2.41. The number of rotatable bonds is 2. The van der Waals surface area contributed by atoms with E-state index in [0.29, 0.717) is 13.0 Å². The van der Waals surface area contributed by atoms with Gasteiger partial charge in [-0.25, -0.2) is 4.79 Å². The highest BCUT2D eigenvalue weighted by Crippen LogP contribution is 2.43. The predicted octanol–water partition coefficient (Wildman–Crippen LogP) is -1.13. The van der Waals surface area contributed by atoms with Gasteiger partial charge in [0.1, 0.15) is 17.5 Å². The maximum absolute atomic E-state index is 11.7. The number of nitrogens with two attached hydrogens (primary N) is 1. The van der Waals surface area contributed by atoms with E-state index in [1.165, 1.54) is 16.8 Å². The number of nitrogens with zero attached hydrogens (tertiary/aromatic N) is 2. The molecule has 0 radical (unpaired) electrons. The Labute approximate surface area is 96.8 Å². The average Bonchev–Trinajstić information content (AvgIpc) is 2.87. The number of hydrogen-bond donors (Lipinski definition) is 2. The first-order valence-corrected chi connectivity index (χ1v) is 5.38. The lowest BCUT2D eigenvalue weighted by Gasteiger charge is -2.29. The Balaban J connectivity index is 1.94. The zero-order valence-corrected chi connectivity index (χ0v) is 9.07. The molecule has 3 heterocycles. The topological polar surface area (TPSA) is 99.6 Å². The summed E-state index contributed by atoms with van der Waals surface area (Å²) in [4.78, 5) is 15.3. The van der Waals surface area contributed by atoms with Crippen LogP contribution in [0.4, 0.5) is 5.82 Å². The van der Waals surface area contributed by atoms with Gasteiger partial charge in [0.05, 0.1) is 13.2 Å². The fourth-order valence-corrected chi connectivity index (χ4v) is 2.34. The molecule has 0 unspecified atom stereocenters. The van der Waals surface area contributed by atoms with Gasteiger partial charge in [0.15, 0.2) is 6.23 Å². The van der Waals surface area contributed by atoms with Gasteiger partial charge in [-0.05, 0) is 6.07 Å². The van der Waals surface area contributed by atoms with E-state index in [1.807, 2.05) is 0 Å². The van der Waals surface area contributed by atoms with Crippen molar-refractivity contribution >= 4 is 5.82 Å². The van der Waals surface area contributed by atoms with Gasteiger partial charge in [0.25, 0.3) is 0 Å². The summed E-state index contributed by atoms with van der Waals surface area (Å²) in [5.41, 5.74) is 4.27. The quantitative estimate of drug-likeness (QED) is 0.677. The van der Waals surface area contributed by atoms with Crippen molar-refractivity contribution in [3.63, 3.8) is 0 Å². The molecule has 7 heteroatoms. The van der Waals surface area contributed by atoms with Crippen molar-refractivity contribution in [2.24, 2.45) is 0 Å². The van der Waals surface area contributed by atoms with Gasteiger partial charge in [0, 0.05) is 12.6 Å². The van der Waals surface area contributed by atoms with Crippen molar-refractivity contribution < 1.29 is 14.6 Å². The molecule has 2 bridgehead atoms. The third-order valence-corrected chi connectivity index (χ3v) is 3.24. The highest BCUT2D eigenvalue weighted by atomic mass is 16.6. The minimum Gasteiger partial charge on any atom is -0.393 e. The second-order valence-electron chi connectivity index (χ2n) is 4.45. The summed E-state index contributed by atoms with van der Waals surface area (Å²) in [6, 6.07) is 1.53. The van der Waals surface area contributed by atoms with Crippen LogP contribution in [0.15, 0.2) is 17.1 Å². The molecule has 3 rings (SSSR count). The number of nitrogen functional groups attached to an aromatic ring is 1. The molecule has 3 N–H and O–H groups in total. The summed E-state index contributed by atoms with van der Waals surface area (Å²) >= 11 is 0. The number of aliphatic hydroxyl groups excluding tert-OH is 1. The molecule has 2 aliphatic heterocycles. The van der Waals surface area contributed by atoms with Crippen LogP contribution >= 0.6 is 0 Å². The van der Waals surface area contributed by atoms with Crippen molar-refractivity contribution in [1.29, 1.82) is 0 Å². The van der Waals surface area contributed by atoms with Crippen LogP contribution in [0.3, 0.4) is 0 Å². The SMILES string of the molecule is Nc1ccn([C@@H]2O[C@@]3(CO)CO[C@@H]2C3)c(=O)n1. The molecule has 92 valence electrons. The van der Waals surface area contributed by atoms with E-state index in [2.05, 4.69) is 4.98 Å². The Bertz CT molecular complexity index is 503. The first-order chi connectivity index (χ1) is 8.13. The molecule has 1 aromatic heterocycles. The second-order valence-corrected chi connectivity index (χ2v) is 4.45. The second kappa shape index (κ2) is 3.52. The Morgan fingerprint density at radius 3 is 3.18 bits per heavy atom. The molecule has 2 aliphatic rings. The third kappa shape index (κ3) is 1.54. The highest BCUT2D eigenvalue weighted by molar-refractivity contribution is 5.23. The Morgan fingerprint density at radius 1 is 1.71 bits per heavy atom. The largest absolute Gasteiger partial charge is 0.393 e. The van der Waals surface area contributed by atoms with Crippen molar-refractivity contribution in [2.75, 3.05) is 18.9 Å². The van der Waals surface area contributed by atoms with Crippen molar-refractivity contribution in [2.45, 2.75) is 24.4 Å². The van der Waals surface area contributed by atoms with Crippen LogP contribution in [0.5, 0.6) is 0 Å². The fraction of sp³-hybridized carbons (Fsp3) is 0.600. The molecule has 2 fully saturated rings. The Hall–Kier alpha value is -1.44. The molecule has 0 aromatic carbocycles. The summed E-state index contributed by atoms with van der Waals surface area (Å²) in [5, 5.41) is 9.29. The maximum Gasteiger partial charge on any atom is 0.351 e. The molecule has 1 aromatic rings. The van der Waals surface area contributed by atoms with Gasteiger partial charge in [-0.3, -0.25) is 4.57 Å². The molecule has 17 heavy (non-hydrogen) atoms. The standard InChI is InChI=1S/C10H13N3O4/c11-7-1-2-13(9(15)12-7)8-6-3-10(4-14,17-8)5-16-6/h1-2,6,8,14H,3-5H2,(H2,11,12,15)/t6-,8-,10+/m1/s1. The first kappa shape index (κ1) is 10.7. The third-order valence-electron chi connectivity index (χ3n) is 3.24. The van der Waals surface area contributed by atoms with Crippen molar-refractivity contribution in [1.82, 2.24) is 9.55 Å². The van der Waals surface area contributed by atoms with E-state index < -0.39 is 17.5 Å². The molecule has 0 aliphatic carbocycles. The molecule has 3 atom stereocenters. The number of ether oxygens (including phenoxy) is 2. The number of anilines is 1. The maximum atomic E-state index is 11.7. The van der Waals surface area contributed by atoms with Crippen LogP contribution in [0.25, 0.3) is 0 Å². The lowest BCUT2D eigenvalue weighted by atomic mass is 10.0. The van der Waals surface area contributed by atoms with E-state index in [1.54, 1.807) is 0 Å². The minimum absolute atomic E-state index is 0.114. The van der Waals surface area contributed by atoms with Crippen LogP contribution in [-0.2, 0) is 9.47 Å². The van der Waals surface area contributed by atoms with Gasteiger partial charge in [-0.15, -0.1) is 0 Å². The zero-order chi connectivity index (χ0) is 12.0. The minimum atomic E-state index is -0.670. The number of hydrogen-bond acceptors (Lipinski definition) is 6. The van der Waals surface area contributed by atoms with Gasteiger partial charge < -0.3 is 20.3 Å². The first-order valence-electron chi connectivity index (χ1n) is 5.38. The number of aromatic nitrogens is 2. The molecule has 0 saturated carbocycles. The van der Waals surface area contributed by atoms with E-state index in [0.717, 1.165) is 0 Å². The lowest BCUT2D eigenvalue weighted by molar-refractivity contribution is -0.184. The van der Waals surface area contributed by atoms with E-state index >= 15 is 0 Å². The van der Waals surface area contributed by atoms with Gasteiger partial charge in [-0.2, -0.15) is 4.98 Å². The molecule has 0 spiro atoms. The van der Waals surface area contributed by atoms with E-state index in [4.69, 9.17) is 15.2 Å². The van der Waals surface area contributed by atoms with Crippen molar-refractivity contribution in [3.8, 4) is 0 Å². The zero-order valence-electron chi connectivity index (χ0n) is 9.07. The normalized spacial score (nSPS) is 35.4. The van der Waals surface area contributed by atoms with Crippen LogP contribution in [0.2, 0.25) is 0 Å². The predicted molar refractivity (Wildman–Crippen MR) is 57.2 cm³/mol. The summed E-state index contributed by atoms with van der Waals surface area (Å²) in [6.45, 7) is 0.249. The van der Waals surface area contributed by atoms with Crippen LogP contribution < -0.4 is 11.4 Å². The number of aliphatic hydroxyl groups is 1. The Morgan fingerprint density at radius 2 is 2.53 bits per heavy atom. The van der Waals surface area contributed by atoms with E-state index in [-0.39, 0.29) is 18.5 Å². The Kier molecular flexibility index (Phi) is 2.22. The van der Waals surface area contributed by atoms with Gasteiger partial charge in [0.2, 0.25) is 0 Å². The molecular weight excluding hydrogens is 226 g/mol. The summed E-state index contributed by atoms with van der Waals surface area (Å²) < 4.78 is 12.6. The molecule has 7 nitrogen and oxygen atoms in total.